The van der Waals surface area contributed by atoms with Crippen molar-refractivity contribution in [3.63, 3.8) is 0 Å². The number of hydrogen-bond donors (Lipinski definition) is 0. The van der Waals surface area contributed by atoms with Crippen molar-refractivity contribution in [2.24, 2.45) is 0 Å². The van der Waals surface area contributed by atoms with E-state index < -0.39 is 0 Å². The third-order valence-electron chi connectivity index (χ3n) is 7.20. The van der Waals surface area contributed by atoms with Gasteiger partial charge in [-0.15, -0.1) is 0 Å². The molecule has 33 heavy (non-hydrogen) atoms. The fourth-order valence-electron chi connectivity index (χ4n) is 8.10. The summed E-state index contributed by atoms with van der Waals surface area (Å²) in [7, 11) is 0. The Labute approximate surface area is 211 Å². The zero-order valence-electron chi connectivity index (χ0n) is 26.0. The fourth-order valence-corrected chi connectivity index (χ4v) is 8.10. The molecule has 0 aliphatic heterocycles. The maximum Gasteiger partial charge on any atom is 0.186 e. The van der Waals surface area contributed by atoms with Crippen molar-refractivity contribution in [3.8, 4) is 0 Å². The van der Waals surface area contributed by atoms with Gasteiger partial charge < -0.3 is 0 Å². The van der Waals surface area contributed by atoms with Gasteiger partial charge in [0.05, 0.1) is 0 Å². The van der Waals surface area contributed by atoms with Gasteiger partial charge in [-0.05, 0) is 0 Å². The summed E-state index contributed by atoms with van der Waals surface area (Å²) in [5.41, 5.74) is 4.58. The molecule has 0 nitrogen and oxygen atoms in total. The van der Waals surface area contributed by atoms with E-state index in [4.69, 9.17) is 0 Å². The van der Waals surface area contributed by atoms with Gasteiger partial charge in [0.2, 0.25) is 0 Å². The predicted molar refractivity (Wildman–Crippen MR) is 161 cm³/mol. The van der Waals surface area contributed by atoms with Gasteiger partial charge in [0.25, 0.3) is 0 Å². The molecule has 0 amide bonds. The largest absolute Gasteiger partial charge is 0.186 e. The van der Waals surface area contributed by atoms with E-state index in [-0.39, 0.29) is 31.9 Å². The van der Waals surface area contributed by atoms with E-state index in [0.717, 1.165) is 0 Å². The second kappa shape index (κ2) is 9.13. The number of hydrogen-bond acceptors (Lipinski definition) is 0. The summed E-state index contributed by atoms with van der Waals surface area (Å²) in [6.07, 6.45) is 0. The molecule has 1 aromatic rings. The third-order valence-corrected chi connectivity index (χ3v) is 7.20. The molecule has 0 spiro atoms. The van der Waals surface area contributed by atoms with Crippen molar-refractivity contribution in [1.82, 2.24) is 0 Å². The average Bonchev–Trinajstić information content (AvgIpc) is 2.35. The second-order valence-electron chi connectivity index (χ2n) is 17.4. The molecule has 0 aromatic heterocycles. The Balaban J connectivity index is 4.16. The lowest BCUT2D eigenvalue weighted by Crippen LogP contribution is -2.55. The van der Waals surface area contributed by atoms with Crippen LogP contribution in [-0.4, -0.2) is 20.1 Å². The van der Waals surface area contributed by atoms with Crippen LogP contribution in [0, 0.1) is 0 Å². The predicted octanol–water partition coefficient (Wildman–Crippen LogP) is 8.59. The molecule has 0 atom stereocenters. The molecular formula is C30H57B3. The molecule has 1 rings (SSSR count). The quantitative estimate of drug-likeness (QED) is 0.405. The maximum atomic E-state index is 2.59. The highest BCUT2D eigenvalue weighted by atomic mass is 14.2. The van der Waals surface area contributed by atoms with Gasteiger partial charge in [-0.2, -0.15) is 0 Å². The molecule has 1 aromatic carbocycles. The Morgan fingerprint density at radius 3 is 0.515 bits per heavy atom. The lowest BCUT2D eigenvalue weighted by molar-refractivity contribution is 0.652. The highest BCUT2D eigenvalue weighted by Gasteiger charge is 2.46. The van der Waals surface area contributed by atoms with Crippen LogP contribution >= 0.6 is 0 Å². The van der Waals surface area contributed by atoms with Crippen LogP contribution in [0.5, 0.6) is 0 Å². The van der Waals surface area contributed by atoms with Gasteiger partial charge in [-0.1, -0.05) is 191 Å². The van der Waals surface area contributed by atoms with Crippen molar-refractivity contribution in [3.05, 3.63) is 18.2 Å². The third kappa shape index (κ3) is 7.70. The molecule has 186 valence electrons. The van der Waals surface area contributed by atoms with Crippen LogP contribution in [0.4, 0.5) is 0 Å². The minimum absolute atomic E-state index is 0.187. The van der Waals surface area contributed by atoms with Gasteiger partial charge in [0, 0.05) is 0 Å². The van der Waals surface area contributed by atoms with E-state index in [0.29, 0.717) is 20.1 Å². The first-order valence-corrected chi connectivity index (χ1v) is 13.3. The van der Waals surface area contributed by atoms with Crippen LogP contribution in [0.3, 0.4) is 0 Å². The summed E-state index contributed by atoms with van der Waals surface area (Å²) in [5, 5.41) is 1.12. The van der Waals surface area contributed by atoms with Gasteiger partial charge in [0.15, 0.2) is 20.1 Å². The van der Waals surface area contributed by atoms with Crippen molar-refractivity contribution in [2.45, 2.75) is 157 Å². The normalized spacial score (nSPS) is 14.4. The standard InChI is InChI=1S/C30H57B3/c1-25(2,3)31(26(4,5)6)22-19-23(32(27(7,8)9)28(10,11)12)21-24(20-22)33(29(13,14)15)30(16,17)18/h19-21H,1-18H3. The minimum atomic E-state index is 0.187. The van der Waals surface area contributed by atoms with Gasteiger partial charge >= 0.3 is 0 Å². The van der Waals surface area contributed by atoms with Crippen molar-refractivity contribution in [2.75, 3.05) is 0 Å². The monoisotopic (exact) mass is 450 g/mol. The molecule has 0 fully saturated rings. The maximum absolute atomic E-state index is 2.59. The van der Waals surface area contributed by atoms with E-state index in [1.54, 1.807) is 0 Å². The van der Waals surface area contributed by atoms with E-state index >= 15 is 0 Å². The Kier molecular flexibility index (Phi) is 8.42. The minimum Gasteiger partial charge on any atom is -0.0800 e. The molecule has 3 heteroatoms. The summed E-state index contributed by atoms with van der Waals surface area (Å²) < 4.78 is 0. The molecule has 0 heterocycles. The summed E-state index contributed by atoms with van der Waals surface area (Å²) in [6, 6.07) is 7.77. The molecule has 0 unspecified atom stereocenters. The van der Waals surface area contributed by atoms with Gasteiger partial charge in [0.1, 0.15) is 0 Å². The molecule has 0 aliphatic carbocycles. The van der Waals surface area contributed by atoms with Crippen LogP contribution in [0.2, 0.25) is 31.9 Å². The van der Waals surface area contributed by atoms with Crippen LogP contribution in [0.15, 0.2) is 18.2 Å². The smallest absolute Gasteiger partial charge is 0.0800 e. The van der Waals surface area contributed by atoms with Crippen molar-refractivity contribution >= 4 is 36.5 Å². The summed E-state index contributed by atoms with van der Waals surface area (Å²) >= 11 is 0. The van der Waals surface area contributed by atoms with Crippen LogP contribution in [0.1, 0.15) is 125 Å². The average molecular weight is 450 g/mol. The molecule has 0 bridgehead atoms. The highest BCUT2D eigenvalue weighted by Crippen LogP contribution is 2.45. The van der Waals surface area contributed by atoms with Crippen molar-refractivity contribution in [1.29, 1.82) is 0 Å². The van der Waals surface area contributed by atoms with Crippen LogP contribution in [0.25, 0.3) is 0 Å². The molecule has 0 saturated heterocycles. The zero-order valence-corrected chi connectivity index (χ0v) is 26.0. The van der Waals surface area contributed by atoms with Crippen LogP contribution < -0.4 is 16.4 Å². The Bertz CT molecular complexity index is 630. The lowest BCUT2D eigenvalue weighted by Gasteiger charge is -2.43. The van der Waals surface area contributed by atoms with Gasteiger partial charge in [-0.25, -0.2) is 0 Å². The van der Waals surface area contributed by atoms with E-state index in [2.05, 4.69) is 143 Å². The second-order valence-corrected chi connectivity index (χ2v) is 17.4. The molecular weight excluding hydrogens is 393 g/mol. The first-order valence-electron chi connectivity index (χ1n) is 13.3. The molecule has 0 saturated carbocycles. The fraction of sp³-hybridized carbons (Fsp3) is 0.800. The number of rotatable bonds is 3. The summed E-state index contributed by atoms with van der Waals surface area (Å²) in [6.45, 7) is 45.0. The van der Waals surface area contributed by atoms with Gasteiger partial charge in [-0.3, -0.25) is 0 Å². The summed E-state index contributed by atoms with van der Waals surface area (Å²) in [4.78, 5) is 0. The highest BCUT2D eigenvalue weighted by molar-refractivity contribution is 6.84. The Morgan fingerprint density at radius 2 is 0.424 bits per heavy atom. The van der Waals surface area contributed by atoms with Crippen LogP contribution in [-0.2, 0) is 0 Å². The first-order chi connectivity index (χ1) is 14.2. The van der Waals surface area contributed by atoms with E-state index in [9.17, 15) is 0 Å². The molecule has 0 radical (unpaired) electrons. The van der Waals surface area contributed by atoms with Crippen molar-refractivity contribution < 1.29 is 0 Å². The van der Waals surface area contributed by atoms with E-state index in [1.807, 2.05) is 0 Å². The molecule has 0 N–H and O–H groups in total. The Morgan fingerprint density at radius 1 is 0.303 bits per heavy atom. The SMILES string of the molecule is CC(C)(C)B(c1cc(B(C(C)(C)C)C(C)(C)C)cc(B(C(C)(C)C)C(C)(C)C)c1)C(C)(C)C. The Hall–Kier alpha value is -0.585. The molecule has 0 aliphatic rings. The first kappa shape index (κ1) is 30.4. The number of benzene rings is 1. The topological polar surface area (TPSA) is 0 Å². The summed E-state index contributed by atoms with van der Waals surface area (Å²) in [5.74, 6) is 0. The zero-order chi connectivity index (χ0) is 26.6. The lowest BCUT2D eigenvalue weighted by atomic mass is 9.17. The van der Waals surface area contributed by atoms with E-state index in [1.165, 1.54) is 16.4 Å².